The molecule has 0 unspecified atom stereocenters. The molecule has 3 aromatic rings. The lowest BCUT2D eigenvalue weighted by Gasteiger charge is -2.13. The number of ether oxygens (including phenoxy) is 1. The van der Waals surface area contributed by atoms with Crippen LogP contribution in [0.25, 0.3) is 10.9 Å². The van der Waals surface area contributed by atoms with Gasteiger partial charge in [0.05, 0.1) is 18.0 Å². The van der Waals surface area contributed by atoms with E-state index in [2.05, 4.69) is 5.32 Å². The van der Waals surface area contributed by atoms with Gasteiger partial charge in [-0.15, -0.1) is 0 Å². The number of hydrogen-bond donors (Lipinski definition) is 1. The van der Waals surface area contributed by atoms with Gasteiger partial charge in [0.25, 0.3) is 5.91 Å². The Hall–Kier alpha value is -3.22. The molecule has 5 nitrogen and oxygen atoms in total. The highest BCUT2D eigenvalue weighted by Crippen LogP contribution is 2.20. The van der Waals surface area contributed by atoms with E-state index in [0.29, 0.717) is 23.2 Å². The zero-order chi connectivity index (χ0) is 18.8. The van der Waals surface area contributed by atoms with Gasteiger partial charge in [0.2, 0.25) is 5.43 Å². The quantitative estimate of drug-likeness (QED) is 0.776. The molecule has 134 valence electrons. The molecule has 0 saturated carbocycles. The number of rotatable bonds is 4. The standard InChI is InChI=1S/C19H16F2N2O3/c1-3-23-10-14(18(24)13-9-12(26-2)5-7-17(13)23)19(25)22-11-4-6-15(20)16(21)8-11/h4-10H,3H2,1-2H3,(H,22,25). The summed E-state index contributed by atoms with van der Waals surface area (Å²) < 4.78 is 33.2. The Balaban J connectivity index is 2.08. The van der Waals surface area contributed by atoms with Gasteiger partial charge in [-0.2, -0.15) is 0 Å². The van der Waals surface area contributed by atoms with Crippen LogP contribution >= 0.6 is 0 Å². The van der Waals surface area contributed by atoms with E-state index in [0.717, 1.165) is 12.1 Å². The highest BCUT2D eigenvalue weighted by Gasteiger charge is 2.16. The van der Waals surface area contributed by atoms with Crippen molar-refractivity contribution < 1.29 is 18.3 Å². The Morgan fingerprint density at radius 3 is 2.58 bits per heavy atom. The fraction of sp³-hybridized carbons (Fsp3) is 0.158. The molecule has 1 aromatic heterocycles. The lowest BCUT2D eigenvalue weighted by Crippen LogP contribution is -2.24. The van der Waals surface area contributed by atoms with Crippen molar-refractivity contribution in [2.45, 2.75) is 13.5 Å². The van der Waals surface area contributed by atoms with Crippen LogP contribution in [0.3, 0.4) is 0 Å². The highest BCUT2D eigenvalue weighted by molar-refractivity contribution is 6.05. The molecule has 3 rings (SSSR count). The topological polar surface area (TPSA) is 60.3 Å². The van der Waals surface area contributed by atoms with Crippen molar-refractivity contribution in [1.82, 2.24) is 4.57 Å². The van der Waals surface area contributed by atoms with Crippen molar-refractivity contribution in [1.29, 1.82) is 0 Å². The van der Waals surface area contributed by atoms with E-state index in [1.165, 1.54) is 19.4 Å². The first-order chi connectivity index (χ1) is 12.4. The van der Waals surface area contributed by atoms with Crippen LogP contribution < -0.4 is 15.5 Å². The Labute approximate surface area is 147 Å². The van der Waals surface area contributed by atoms with Crippen LogP contribution in [0, 0.1) is 11.6 Å². The third-order valence-electron chi connectivity index (χ3n) is 4.05. The number of pyridine rings is 1. The Bertz CT molecular complexity index is 1060. The number of nitrogens with zero attached hydrogens (tertiary/aromatic N) is 1. The molecule has 1 amide bonds. The van der Waals surface area contributed by atoms with E-state index in [4.69, 9.17) is 4.74 Å². The molecule has 0 radical (unpaired) electrons. The fourth-order valence-electron chi connectivity index (χ4n) is 2.70. The van der Waals surface area contributed by atoms with Crippen molar-refractivity contribution in [2.24, 2.45) is 0 Å². The number of aryl methyl sites for hydroxylation is 1. The van der Waals surface area contributed by atoms with Gasteiger partial charge >= 0.3 is 0 Å². The van der Waals surface area contributed by atoms with Crippen LogP contribution in [-0.4, -0.2) is 17.6 Å². The normalized spacial score (nSPS) is 10.8. The third-order valence-corrected chi connectivity index (χ3v) is 4.05. The van der Waals surface area contributed by atoms with Gasteiger partial charge in [-0.3, -0.25) is 9.59 Å². The summed E-state index contributed by atoms with van der Waals surface area (Å²) in [6.07, 6.45) is 1.45. The van der Waals surface area contributed by atoms with Gasteiger partial charge in [-0.05, 0) is 37.3 Å². The monoisotopic (exact) mass is 358 g/mol. The van der Waals surface area contributed by atoms with Crippen LogP contribution in [0.15, 0.2) is 47.4 Å². The van der Waals surface area contributed by atoms with Gasteiger partial charge in [0.1, 0.15) is 11.3 Å². The zero-order valence-corrected chi connectivity index (χ0v) is 14.2. The first-order valence-electron chi connectivity index (χ1n) is 7.92. The van der Waals surface area contributed by atoms with E-state index in [1.807, 2.05) is 6.92 Å². The predicted octanol–water partition coefficient (Wildman–Crippen LogP) is 3.56. The maximum absolute atomic E-state index is 13.3. The maximum atomic E-state index is 13.3. The summed E-state index contributed by atoms with van der Waals surface area (Å²) in [5.74, 6) is -2.31. The molecular formula is C19H16F2N2O3. The largest absolute Gasteiger partial charge is 0.497 e. The number of aromatic nitrogens is 1. The number of halogens is 2. The number of carbonyl (C=O) groups excluding carboxylic acids is 1. The molecule has 2 aromatic carbocycles. The van der Waals surface area contributed by atoms with Crippen molar-refractivity contribution in [3.63, 3.8) is 0 Å². The number of carbonyl (C=O) groups is 1. The predicted molar refractivity (Wildman–Crippen MR) is 94.7 cm³/mol. The number of fused-ring (bicyclic) bond motifs is 1. The lowest BCUT2D eigenvalue weighted by atomic mass is 10.1. The van der Waals surface area contributed by atoms with E-state index >= 15 is 0 Å². The second-order valence-corrected chi connectivity index (χ2v) is 5.62. The highest BCUT2D eigenvalue weighted by atomic mass is 19.2. The van der Waals surface area contributed by atoms with E-state index < -0.39 is 23.0 Å². The minimum absolute atomic E-state index is 0.0575. The smallest absolute Gasteiger partial charge is 0.261 e. The summed E-state index contributed by atoms with van der Waals surface area (Å²) in [6.45, 7) is 2.42. The molecular weight excluding hydrogens is 342 g/mol. The van der Waals surface area contributed by atoms with Crippen LogP contribution in [-0.2, 0) is 6.54 Å². The van der Waals surface area contributed by atoms with E-state index in [1.54, 1.807) is 22.8 Å². The Morgan fingerprint density at radius 1 is 1.15 bits per heavy atom. The molecule has 26 heavy (non-hydrogen) atoms. The van der Waals surface area contributed by atoms with Gasteiger partial charge < -0.3 is 14.6 Å². The van der Waals surface area contributed by atoms with Crippen molar-refractivity contribution >= 4 is 22.5 Å². The molecule has 7 heteroatoms. The maximum Gasteiger partial charge on any atom is 0.261 e. The molecule has 1 N–H and O–H groups in total. The number of benzene rings is 2. The average Bonchev–Trinajstić information content (AvgIpc) is 2.64. The first-order valence-corrected chi connectivity index (χ1v) is 7.92. The summed E-state index contributed by atoms with van der Waals surface area (Å²) in [4.78, 5) is 25.3. The number of amides is 1. The zero-order valence-electron chi connectivity index (χ0n) is 14.2. The summed E-state index contributed by atoms with van der Waals surface area (Å²) in [5, 5.41) is 2.76. The lowest BCUT2D eigenvalue weighted by molar-refractivity contribution is 0.102. The van der Waals surface area contributed by atoms with Crippen LogP contribution in [0.5, 0.6) is 5.75 Å². The van der Waals surface area contributed by atoms with E-state index in [9.17, 15) is 18.4 Å². The van der Waals surface area contributed by atoms with Crippen LogP contribution in [0.4, 0.5) is 14.5 Å². The first kappa shape index (κ1) is 17.6. The number of hydrogen-bond acceptors (Lipinski definition) is 3. The molecule has 0 saturated heterocycles. The number of methoxy groups -OCH3 is 1. The molecule has 0 spiro atoms. The van der Waals surface area contributed by atoms with Crippen molar-refractivity contribution in [2.75, 3.05) is 12.4 Å². The molecule has 0 aliphatic carbocycles. The number of nitrogens with one attached hydrogen (secondary N) is 1. The summed E-state index contributed by atoms with van der Waals surface area (Å²) in [7, 11) is 1.49. The SMILES string of the molecule is CCn1cc(C(=O)Nc2ccc(F)c(F)c2)c(=O)c2cc(OC)ccc21. The minimum atomic E-state index is -1.09. The molecule has 0 aliphatic heterocycles. The second-order valence-electron chi connectivity index (χ2n) is 5.62. The molecule has 0 fully saturated rings. The molecule has 0 atom stereocenters. The summed E-state index contributed by atoms with van der Waals surface area (Å²) in [5.41, 5.74) is 0.158. The van der Waals surface area contributed by atoms with Crippen LogP contribution in [0.1, 0.15) is 17.3 Å². The Morgan fingerprint density at radius 2 is 1.92 bits per heavy atom. The third kappa shape index (κ3) is 3.15. The van der Waals surface area contributed by atoms with E-state index in [-0.39, 0.29) is 11.3 Å². The average molecular weight is 358 g/mol. The summed E-state index contributed by atoms with van der Waals surface area (Å²) in [6, 6.07) is 8.03. The molecule has 0 aliphatic rings. The van der Waals surface area contributed by atoms with Crippen molar-refractivity contribution in [3.05, 3.63) is 70.0 Å². The Kier molecular flexibility index (Phi) is 4.71. The van der Waals surface area contributed by atoms with Gasteiger partial charge in [-0.25, -0.2) is 8.78 Å². The minimum Gasteiger partial charge on any atom is -0.497 e. The van der Waals surface area contributed by atoms with Crippen LogP contribution in [0.2, 0.25) is 0 Å². The van der Waals surface area contributed by atoms with Gasteiger partial charge in [0, 0.05) is 24.5 Å². The second kappa shape index (κ2) is 6.95. The summed E-state index contributed by atoms with van der Waals surface area (Å²) >= 11 is 0. The fourth-order valence-corrected chi connectivity index (χ4v) is 2.70. The molecule has 0 bridgehead atoms. The van der Waals surface area contributed by atoms with Crippen molar-refractivity contribution in [3.8, 4) is 5.75 Å². The van der Waals surface area contributed by atoms with Gasteiger partial charge in [-0.1, -0.05) is 0 Å². The number of anilines is 1. The molecule has 1 heterocycles. The van der Waals surface area contributed by atoms with Gasteiger partial charge in [0.15, 0.2) is 11.6 Å².